The molecule has 0 saturated carbocycles. The maximum atomic E-state index is 13.5. The fraction of sp³-hybridized carbons (Fsp3) is 0.538. The van der Waals surface area contributed by atoms with Crippen molar-refractivity contribution in [2.75, 3.05) is 31.1 Å². The van der Waals surface area contributed by atoms with E-state index in [-0.39, 0.29) is 5.82 Å². The smallest absolute Gasteiger partial charge is 0.125 e. The van der Waals surface area contributed by atoms with Crippen LogP contribution in [0.1, 0.15) is 25.3 Å². The lowest BCUT2D eigenvalue weighted by molar-refractivity contribution is 0.583. The number of rotatable bonds is 2. The van der Waals surface area contributed by atoms with E-state index in [0.29, 0.717) is 5.92 Å². The molecule has 1 saturated heterocycles. The van der Waals surface area contributed by atoms with Crippen molar-refractivity contribution in [3.63, 3.8) is 0 Å². The van der Waals surface area contributed by atoms with Gasteiger partial charge in [-0.25, -0.2) is 4.39 Å². The van der Waals surface area contributed by atoms with Gasteiger partial charge < -0.3 is 10.2 Å². The molecule has 0 bridgehead atoms. The second-order valence-corrected chi connectivity index (χ2v) is 4.63. The lowest BCUT2D eigenvalue weighted by Crippen LogP contribution is -2.43. The SMILES string of the molecule is CC(C)c1cc(F)cc(N2CCNCC2)c1. The highest BCUT2D eigenvalue weighted by molar-refractivity contribution is 5.50. The molecule has 1 N–H and O–H groups in total. The van der Waals surface area contributed by atoms with Crippen molar-refractivity contribution in [2.45, 2.75) is 19.8 Å². The van der Waals surface area contributed by atoms with E-state index in [0.717, 1.165) is 37.4 Å². The Kier molecular flexibility index (Phi) is 3.44. The Morgan fingerprint density at radius 3 is 2.50 bits per heavy atom. The van der Waals surface area contributed by atoms with Crippen molar-refractivity contribution in [1.82, 2.24) is 5.32 Å². The highest BCUT2D eigenvalue weighted by Gasteiger charge is 2.12. The van der Waals surface area contributed by atoms with Crippen LogP contribution in [0.3, 0.4) is 0 Å². The first-order valence-electron chi connectivity index (χ1n) is 5.93. The molecule has 0 aliphatic carbocycles. The van der Waals surface area contributed by atoms with Gasteiger partial charge in [0.25, 0.3) is 0 Å². The summed E-state index contributed by atoms with van der Waals surface area (Å²) in [7, 11) is 0. The van der Waals surface area contributed by atoms with E-state index >= 15 is 0 Å². The zero-order valence-electron chi connectivity index (χ0n) is 9.96. The summed E-state index contributed by atoms with van der Waals surface area (Å²) < 4.78 is 13.5. The van der Waals surface area contributed by atoms with Crippen molar-refractivity contribution in [3.8, 4) is 0 Å². The van der Waals surface area contributed by atoms with Gasteiger partial charge in [-0.2, -0.15) is 0 Å². The Bertz CT molecular complexity index is 357. The normalized spacial score (nSPS) is 16.9. The van der Waals surface area contributed by atoms with E-state index in [1.54, 1.807) is 12.1 Å². The van der Waals surface area contributed by atoms with Gasteiger partial charge in [-0.3, -0.25) is 0 Å². The van der Waals surface area contributed by atoms with E-state index in [2.05, 4.69) is 30.1 Å². The van der Waals surface area contributed by atoms with Crippen LogP contribution in [0, 0.1) is 5.82 Å². The molecule has 2 rings (SSSR count). The minimum absolute atomic E-state index is 0.125. The number of nitrogens with one attached hydrogen (secondary N) is 1. The van der Waals surface area contributed by atoms with Crippen molar-refractivity contribution in [1.29, 1.82) is 0 Å². The van der Waals surface area contributed by atoms with Gasteiger partial charge in [-0.15, -0.1) is 0 Å². The zero-order valence-corrected chi connectivity index (χ0v) is 9.96. The Hall–Kier alpha value is -1.09. The first-order valence-corrected chi connectivity index (χ1v) is 5.93. The summed E-state index contributed by atoms with van der Waals surface area (Å²) in [5, 5.41) is 3.30. The van der Waals surface area contributed by atoms with Gasteiger partial charge in [0.05, 0.1) is 0 Å². The zero-order chi connectivity index (χ0) is 11.5. The molecule has 1 aliphatic heterocycles. The lowest BCUT2D eigenvalue weighted by atomic mass is 10.0. The molecule has 0 amide bonds. The predicted molar refractivity (Wildman–Crippen MR) is 65.6 cm³/mol. The van der Waals surface area contributed by atoms with Gasteiger partial charge in [0.2, 0.25) is 0 Å². The van der Waals surface area contributed by atoms with E-state index in [4.69, 9.17) is 0 Å². The minimum atomic E-state index is -0.125. The average molecular weight is 222 g/mol. The van der Waals surface area contributed by atoms with Crippen LogP contribution < -0.4 is 10.2 Å². The standard InChI is InChI=1S/C13H19FN2/c1-10(2)11-7-12(14)9-13(8-11)16-5-3-15-4-6-16/h7-10,15H,3-6H2,1-2H3. The summed E-state index contributed by atoms with van der Waals surface area (Å²) in [6.07, 6.45) is 0. The fourth-order valence-electron chi connectivity index (χ4n) is 2.04. The van der Waals surface area contributed by atoms with Crippen molar-refractivity contribution in [3.05, 3.63) is 29.6 Å². The average Bonchev–Trinajstić information content (AvgIpc) is 2.29. The van der Waals surface area contributed by atoms with Gasteiger partial charge in [0.15, 0.2) is 0 Å². The fourth-order valence-corrected chi connectivity index (χ4v) is 2.04. The van der Waals surface area contributed by atoms with E-state index in [1.165, 1.54) is 0 Å². The lowest BCUT2D eigenvalue weighted by Gasteiger charge is -2.30. The van der Waals surface area contributed by atoms with Crippen LogP contribution in [0.4, 0.5) is 10.1 Å². The van der Waals surface area contributed by atoms with E-state index < -0.39 is 0 Å². The first kappa shape index (κ1) is 11.4. The molecule has 16 heavy (non-hydrogen) atoms. The summed E-state index contributed by atoms with van der Waals surface area (Å²) in [6, 6.07) is 5.38. The molecule has 88 valence electrons. The third-order valence-electron chi connectivity index (χ3n) is 3.05. The van der Waals surface area contributed by atoms with Crippen LogP contribution in [0.25, 0.3) is 0 Å². The predicted octanol–water partition coefficient (Wildman–Crippen LogP) is 2.36. The molecule has 1 aromatic rings. The molecule has 1 aliphatic rings. The van der Waals surface area contributed by atoms with Crippen LogP contribution in [0.5, 0.6) is 0 Å². The number of piperazine rings is 1. The van der Waals surface area contributed by atoms with Gasteiger partial charge in [-0.1, -0.05) is 13.8 Å². The quantitative estimate of drug-likeness (QED) is 0.826. The number of halogens is 1. The van der Waals surface area contributed by atoms with Crippen molar-refractivity contribution < 1.29 is 4.39 Å². The van der Waals surface area contributed by atoms with Crippen LogP contribution in [0.2, 0.25) is 0 Å². The van der Waals surface area contributed by atoms with Gasteiger partial charge in [-0.05, 0) is 29.7 Å². The molecule has 1 heterocycles. The Labute approximate surface area is 96.5 Å². The number of nitrogens with zero attached hydrogens (tertiary/aromatic N) is 1. The second-order valence-electron chi connectivity index (χ2n) is 4.63. The maximum Gasteiger partial charge on any atom is 0.125 e. The molecule has 0 unspecified atom stereocenters. The summed E-state index contributed by atoms with van der Waals surface area (Å²) in [4.78, 5) is 2.24. The Morgan fingerprint density at radius 1 is 1.19 bits per heavy atom. The summed E-state index contributed by atoms with van der Waals surface area (Å²) >= 11 is 0. The summed E-state index contributed by atoms with van der Waals surface area (Å²) in [5.41, 5.74) is 2.10. The molecular formula is C13H19FN2. The molecule has 0 atom stereocenters. The van der Waals surface area contributed by atoms with E-state index in [1.807, 2.05) is 0 Å². The summed E-state index contributed by atoms with van der Waals surface area (Å²) in [5.74, 6) is 0.247. The molecule has 0 spiro atoms. The minimum Gasteiger partial charge on any atom is -0.369 e. The Balaban J connectivity index is 2.25. The monoisotopic (exact) mass is 222 g/mol. The van der Waals surface area contributed by atoms with Crippen molar-refractivity contribution >= 4 is 5.69 Å². The maximum absolute atomic E-state index is 13.5. The highest BCUT2D eigenvalue weighted by Crippen LogP contribution is 2.23. The van der Waals surface area contributed by atoms with Crippen LogP contribution in [0.15, 0.2) is 18.2 Å². The number of hydrogen-bond donors (Lipinski definition) is 1. The van der Waals surface area contributed by atoms with Crippen LogP contribution >= 0.6 is 0 Å². The van der Waals surface area contributed by atoms with Crippen molar-refractivity contribution in [2.24, 2.45) is 0 Å². The van der Waals surface area contributed by atoms with Gasteiger partial charge >= 0.3 is 0 Å². The molecule has 2 nitrogen and oxygen atoms in total. The van der Waals surface area contributed by atoms with Crippen LogP contribution in [-0.4, -0.2) is 26.2 Å². The molecule has 1 aromatic carbocycles. The third-order valence-corrected chi connectivity index (χ3v) is 3.05. The van der Waals surface area contributed by atoms with Gasteiger partial charge in [0.1, 0.15) is 5.82 Å². The Morgan fingerprint density at radius 2 is 1.88 bits per heavy atom. The highest BCUT2D eigenvalue weighted by atomic mass is 19.1. The third kappa shape index (κ3) is 2.53. The largest absolute Gasteiger partial charge is 0.369 e. The number of benzene rings is 1. The number of hydrogen-bond acceptors (Lipinski definition) is 2. The molecule has 3 heteroatoms. The summed E-state index contributed by atoms with van der Waals surface area (Å²) in [6.45, 7) is 8.07. The number of anilines is 1. The molecule has 1 fully saturated rings. The van der Waals surface area contributed by atoms with Gasteiger partial charge in [0, 0.05) is 31.9 Å². The molecule has 0 aromatic heterocycles. The molecular weight excluding hydrogens is 203 g/mol. The topological polar surface area (TPSA) is 15.3 Å². The second kappa shape index (κ2) is 4.83. The van der Waals surface area contributed by atoms with Crippen LogP contribution in [-0.2, 0) is 0 Å². The first-order chi connectivity index (χ1) is 7.66. The van der Waals surface area contributed by atoms with E-state index in [9.17, 15) is 4.39 Å². The molecule has 0 radical (unpaired) electrons.